The first kappa shape index (κ1) is 40.9. The third kappa shape index (κ3) is 10.8. The smallest absolute Gasteiger partial charge is 0.323 e. The van der Waals surface area contributed by atoms with Crippen LogP contribution in [0.2, 0.25) is 0 Å². The summed E-state index contributed by atoms with van der Waals surface area (Å²) in [4.78, 5) is 74.0. The van der Waals surface area contributed by atoms with Crippen molar-refractivity contribution >= 4 is 17.1 Å². The Hall–Kier alpha value is -5.85. The van der Waals surface area contributed by atoms with Crippen LogP contribution >= 0.6 is 0 Å². The van der Waals surface area contributed by atoms with E-state index in [0.717, 1.165) is 24.8 Å². The molecule has 18 heteroatoms. The van der Waals surface area contributed by atoms with Crippen molar-refractivity contribution in [2.24, 2.45) is 0 Å². The Bertz CT molecular complexity index is 2070. The fourth-order valence-corrected chi connectivity index (χ4v) is 6.30. The van der Waals surface area contributed by atoms with E-state index in [-0.39, 0.29) is 41.2 Å². The Labute approximate surface area is 311 Å². The first-order valence-corrected chi connectivity index (χ1v) is 17.3. The molecule has 0 N–H and O–H groups in total. The van der Waals surface area contributed by atoms with E-state index in [9.17, 15) is 44.7 Å². The van der Waals surface area contributed by atoms with E-state index >= 15 is 0 Å². The van der Waals surface area contributed by atoms with Crippen LogP contribution in [0.4, 0.5) is 17.1 Å². The summed E-state index contributed by atoms with van der Waals surface area (Å²) < 4.78 is 4.17. The normalized spacial score (nSPS) is 12.1. The van der Waals surface area contributed by atoms with E-state index in [2.05, 4.69) is 0 Å². The lowest BCUT2D eigenvalue weighted by atomic mass is 10.2. The van der Waals surface area contributed by atoms with Crippen LogP contribution in [0.15, 0.2) is 87.2 Å². The molecule has 54 heavy (non-hydrogen) atoms. The number of aromatic nitrogens is 3. The first-order valence-electron chi connectivity index (χ1n) is 17.3. The lowest BCUT2D eigenvalue weighted by molar-refractivity contribution is -0.904. The van der Waals surface area contributed by atoms with E-state index in [4.69, 9.17) is 0 Å². The van der Waals surface area contributed by atoms with Gasteiger partial charge in [-0.2, -0.15) is 0 Å². The molecule has 4 aromatic rings. The molecule has 1 heterocycles. The number of nitro benzene ring substituents is 3. The van der Waals surface area contributed by atoms with Gasteiger partial charge in [-0.05, 0) is 24.3 Å². The maximum absolute atomic E-state index is 14.0. The zero-order chi connectivity index (χ0) is 40.0. The zero-order valence-electron chi connectivity index (χ0n) is 31.5. The summed E-state index contributed by atoms with van der Waals surface area (Å²) >= 11 is 0. The Kier molecular flexibility index (Phi) is 12.5. The number of quaternary nitrogens is 3. The van der Waals surface area contributed by atoms with E-state index in [1.54, 1.807) is 36.4 Å². The van der Waals surface area contributed by atoms with Gasteiger partial charge in [0.05, 0.1) is 96.3 Å². The van der Waals surface area contributed by atoms with Gasteiger partial charge in [0.2, 0.25) is 0 Å². The topological polar surface area (TPSA) is 195 Å². The van der Waals surface area contributed by atoms with E-state index in [0.29, 0.717) is 53.8 Å². The lowest BCUT2D eigenvalue weighted by Crippen LogP contribution is -2.58. The van der Waals surface area contributed by atoms with Gasteiger partial charge in [0, 0.05) is 53.1 Å². The number of likely N-dealkylation sites (N-methyl/N-ethyl adjacent to an activating group) is 3. The minimum absolute atomic E-state index is 0.00902. The van der Waals surface area contributed by atoms with Gasteiger partial charge in [-0.25, -0.2) is 28.1 Å². The van der Waals surface area contributed by atoms with Crippen LogP contribution in [0.5, 0.6) is 0 Å². The third-order valence-electron chi connectivity index (χ3n) is 9.42. The van der Waals surface area contributed by atoms with Gasteiger partial charge in [-0.3, -0.25) is 30.3 Å². The second kappa shape index (κ2) is 16.4. The summed E-state index contributed by atoms with van der Waals surface area (Å²) in [6.45, 7) is 2.18. The molecule has 0 fully saturated rings. The van der Waals surface area contributed by atoms with E-state index in [1.807, 2.05) is 42.3 Å². The van der Waals surface area contributed by atoms with Gasteiger partial charge in [0.25, 0.3) is 17.1 Å². The Morgan fingerprint density at radius 2 is 0.778 bits per heavy atom. The molecule has 1 aromatic heterocycles. The van der Waals surface area contributed by atoms with Gasteiger partial charge in [-0.1, -0.05) is 12.1 Å². The number of nitrogens with zero attached hydrogens (tertiary/aromatic N) is 9. The van der Waals surface area contributed by atoms with Crippen molar-refractivity contribution in [3.8, 4) is 0 Å². The molecule has 0 aliphatic heterocycles. The number of hydrogen-bond donors (Lipinski definition) is 0. The summed E-state index contributed by atoms with van der Waals surface area (Å²) in [5, 5.41) is 33.5. The Balaban J connectivity index is 1.62. The predicted octanol–water partition coefficient (Wildman–Crippen LogP) is 2.73. The molecule has 0 spiro atoms. The number of non-ortho nitro benzene ring substituents is 3. The molecule has 0 atom stereocenters. The molecule has 0 saturated heterocycles. The average Bonchev–Trinajstić information content (AvgIpc) is 3.08. The van der Waals surface area contributed by atoms with Crippen LogP contribution in [0, 0.1) is 30.3 Å². The fraction of sp³-hybridized carbons (Fsp3) is 0.417. The van der Waals surface area contributed by atoms with Crippen molar-refractivity contribution in [2.45, 2.75) is 39.3 Å². The molecular formula is C36H48N9O9+3. The van der Waals surface area contributed by atoms with Crippen LogP contribution in [0.25, 0.3) is 0 Å². The number of benzene rings is 3. The Morgan fingerprint density at radius 1 is 0.463 bits per heavy atom. The van der Waals surface area contributed by atoms with Crippen LogP contribution < -0.4 is 17.1 Å². The van der Waals surface area contributed by atoms with Crippen LogP contribution in [-0.4, -0.2) is 104 Å². The highest BCUT2D eigenvalue weighted by Crippen LogP contribution is 2.18. The number of nitro groups is 3. The molecule has 3 aromatic carbocycles. The molecule has 288 valence electrons. The molecule has 0 bridgehead atoms. The van der Waals surface area contributed by atoms with Crippen molar-refractivity contribution in [3.63, 3.8) is 0 Å². The minimum atomic E-state index is -0.744. The highest BCUT2D eigenvalue weighted by Gasteiger charge is 2.25. The summed E-state index contributed by atoms with van der Waals surface area (Å²) in [6, 6.07) is 18.7. The van der Waals surface area contributed by atoms with E-state index in [1.165, 1.54) is 36.4 Å². The average molecular weight is 751 g/mol. The summed E-state index contributed by atoms with van der Waals surface area (Å²) in [5.74, 6) is 0. The monoisotopic (exact) mass is 750 g/mol. The maximum atomic E-state index is 14.0. The summed E-state index contributed by atoms with van der Waals surface area (Å²) in [6.07, 6.45) is 0. The third-order valence-corrected chi connectivity index (χ3v) is 9.42. The zero-order valence-corrected chi connectivity index (χ0v) is 31.5. The van der Waals surface area contributed by atoms with E-state index < -0.39 is 31.8 Å². The highest BCUT2D eigenvalue weighted by atomic mass is 16.6. The summed E-state index contributed by atoms with van der Waals surface area (Å²) in [7, 11) is 11.4. The van der Waals surface area contributed by atoms with Gasteiger partial charge < -0.3 is 13.4 Å². The maximum Gasteiger partial charge on any atom is 0.336 e. The number of hydrogen-bond acceptors (Lipinski definition) is 9. The molecule has 0 unspecified atom stereocenters. The van der Waals surface area contributed by atoms with Crippen LogP contribution in [0.3, 0.4) is 0 Å². The summed E-state index contributed by atoms with van der Waals surface area (Å²) in [5.41, 5.74) is 0.0535. The second-order valence-electron chi connectivity index (χ2n) is 15.5. The van der Waals surface area contributed by atoms with Gasteiger partial charge in [0.1, 0.15) is 19.6 Å². The van der Waals surface area contributed by atoms with Crippen molar-refractivity contribution in [3.05, 3.63) is 151 Å². The second-order valence-corrected chi connectivity index (χ2v) is 15.5. The molecule has 0 radical (unpaired) electrons. The standard InChI is InChI=1S/C36H48N9O9/c1-43(2,25-28-10-14-31(15-11-28)40(49)50)21-18-37-34(46)38(19-22-44(3,4)26-29-12-16-32(17-13-29)41(51)52)36(48)39(35(37)47)20-23-45(5,6)27-30-8-7-9-33(24-30)42(53)54/h7-17,24H,18-23,25-27H2,1-6H3/q+3. The van der Waals surface area contributed by atoms with Gasteiger partial charge in [-0.15, -0.1) is 0 Å². The Morgan fingerprint density at radius 3 is 1.09 bits per heavy atom. The molecule has 18 nitrogen and oxygen atoms in total. The molecule has 0 saturated carbocycles. The van der Waals surface area contributed by atoms with Gasteiger partial charge >= 0.3 is 17.1 Å². The SMILES string of the molecule is C[N+](C)(CCn1c(=O)n(CC[N+](C)(C)Cc2ccc([N+](=O)[O-])cc2)c(=O)n(CC[N+](C)(C)Cc2cccc([N+](=O)[O-])c2)c1=O)Cc1ccc([N+](=O)[O-])cc1. The van der Waals surface area contributed by atoms with Crippen molar-refractivity contribution in [2.75, 3.05) is 61.9 Å². The lowest BCUT2D eigenvalue weighted by Gasteiger charge is -2.31. The number of rotatable bonds is 18. The molecule has 0 aliphatic rings. The van der Waals surface area contributed by atoms with Crippen molar-refractivity contribution < 1.29 is 28.2 Å². The molecule has 0 amide bonds. The predicted molar refractivity (Wildman–Crippen MR) is 201 cm³/mol. The fourth-order valence-electron chi connectivity index (χ4n) is 6.30. The molecule has 4 rings (SSSR count). The van der Waals surface area contributed by atoms with Crippen LogP contribution in [0.1, 0.15) is 16.7 Å². The quantitative estimate of drug-likeness (QED) is 0.0835. The van der Waals surface area contributed by atoms with Crippen molar-refractivity contribution in [1.82, 2.24) is 13.7 Å². The van der Waals surface area contributed by atoms with Crippen LogP contribution in [-0.2, 0) is 39.3 Å². The first-order chi connectivity index (χ1) is 25.2. The molecule has 0 aliphatic carbocycles. The highest BCUT2D eigenvalue weighted by molar-refractivity contribution is 5.34. The molecular weight excluding hydrogens is 702 g/mol. The largest absolute Gasteiger partial charge is 0.336 e. The minimum Gasteiger partial charge on any atom is -0.323 e. The van der Waals surface area contributed by atoms with Crippen molar-refractivity contribution in [1.29, 1.82) is 0 Å². The van der Waals surface area contributed by atoms with Gasteiger partial charge in [0.15, 0.2) is 0 Å².